The molecule has 0 radical (unpaired) electrons. The van der Waals surface area contributed by atoms with Crippen LogP contribution < -0.4 is 0 Å². The highest BCUT2D eigenvalue weighted by Crippen LogP contribution is 2.24. The van der Waals surface area contributed by atoms with Crippen LogP contribution in [-0.2, 0) is 4.74 Å². The molecule has 0 N–H and O–H groups in total. The number of piperidine rings is 1. The highest BCUT2D eigenvalue weighted by Gasteiger charge is 2.37. The van der Waals surface area contributed by atoms with Gasteiger partial charge in [-0.15, -0.1) is 0 Å². The lowest BCUT2D eigenvalue weighted by molar-refractivity contribution is -0.317. The van der Waals surface area contributed by atoms with Crippen molar-refractivity contribution in [2.45, 2.75) is 25.5 Å². The Balaban J connectivity index is 0.00000121. The van der Waals surface area contributed by atoms with Gasteiger partial charge in [0.05, 0.1) is 0 Å². The molecule has 1 rings (SSSR count). The van der Waals surface area contributed by atoms with Gasteiger partial charge in [0.25, 0.3) is 0 Å². The normalized spacial score (nSPS) is 20.2. The number of methoxy groups -OCH3 is 1. The molecule has 74 valence electrons. The Kier molecular flexibility index (Phi) is 4.55. The van der Waals surface area contributed by atoms with Gasteiger partial charge < -0.3 is 4.74 Å². The first-order valence-corrected chi connectivity index (χ1v) is 3.85. The number of nitrogens with zero attached hydrogens (tertiary/aromatic N) is 1. The van der Waals surface area contributed by atoms with E-state index in [2.05, 4.69) is 4.74 Å². The molecule has 1 aliphatic heterocycles. The molecule has 1 aliphatic rings. The van der Waals surface area contributed by atoms with E-state index in [4.69, 9.17) is 0 Å². The van der Waals surface area contributed by atoms with Crippen molar-refractivity contribution in [3.63, 3.8) is 0 Å². The molecule has 0 spiro atoms. The summed E-state index contributed by atoms with van der Waals surface area (Å²) < 4.78 is 29.6. The molecule has 1 heterocycles. The van der Waals surface area contributed by atoms with Crippen molar-refractivity contribution in [1.82, 2.24) is 4.90 Å². The molecule has 0 unspecified atom stereocenters. The lowest BCUT2D eigenvalue weighted by Crippen LogP contribution is -2.45. The molecule has 0 aromatic heterocycles. The van der Waals surface area contributed by atoms with Crippen LogP contribution in [-0.4, -0.2) is 31.3 Å². The van der Waals surface area contributed by atoms with Crippen LogP contribution in [0, 0.1) is 0 Å². The van der Waals surface area contributed by atoms with E-state index in [0.717, 1.165) is 31.3 Å². The standard InChI is InChI=1S/C7H13F2NO.FH/c1-11-7(8,9)10-5-3-2-4-6-10;/h2-6H2,1H3;1H. The molecule has 2 nitrogen and oxygen atoms in total. The molecule has 0 amide bonds. The maximum absolute atomic E-state index is 12.7. The zero-order valence-corrected chi connectivity index (χ0v) is 7.06. The molecule has 0 aromatic rings. The third kappa shape index (κ3) is 2.64. The fourth-order valence-corrected chi connectivity index (χ4v) is 1.28. The monoisotopic (exact) mass is 185 g/mol. The van der Waals surface area contributed by atoms with Gasteiger partial charge in [0, 0.05) is 20.2 Å². The molecule has 1 fully saturated rings. The van der Waals surface area contributed by atoms with Crippen LogP contribution in [0.4, 0.5) is 13.5 Å². The summed E-state index contributed by atoms with van der Waals surface area (Å²) in [5, 5.41) is 0. The van der Waals surface area contributed by atoms with Crippen molar-refractivity contribution >= 4 is 0 Å². The molecule has 0 aromatic carbocycles. The molecule has 0 aliphatic carbocycles. The molecule has 1 saturated heterocycles. The van der Waals surface area contributed by atoms with Crippen molar-refractivity contribution in [2.24, 2.45) is 0 Å². The minimum absolute atomic E-state index is 0. The zero-order valence-electron chi connectivity index (χ0n) is 7.06. The molecular weight excluding hydrogens is 171 g/mol. The molecule has 5 heteroatoms. The maximum Gasteiger partial charge on any atom is 0.424 e. The first-order chi connectivity index (χ1) is 5.17. The number of alkyl halides is 2. The fourth-order valence-electron chi connectivity index (χ4n) is 1.28. The Hall–Kier alpha value is -0.290. The van der Waals surface area contributed by atoms with E-state index in [1.165, 1.54) is 0 Å². The first-order valence-electron chi connectivity index (χ1n) is 3.85. The number of halogens is 3. The summed E-state index contributed by atoms with van der Waals surface area (Å²) in [5.74, 6) is 0. The topological polar surface area (TPSA) is 12.5 Å². The summed E-state index contributed by atoms with van der Waals surface area (Å²) in [6.07, 6.45) is -0.311. The van der Waals surface area contributed by atoms with Crippen LogP contribution in [0.25, 0.3) is 0 Å². The highest BCUT2D eigenvalue weighted by molar-refractivity contribution is 4.66. The van der Waals surface area contributed by atoms with Crippen LogP contribution in [0.15, 0.2) is 0 Å². The predicted octanol–water partition coefficient (Wildman–Crippen LogP) is 1.82. The second-order valence-electron chi connectivity index (χ2n) is 2.74. The first kappa shape index (κ1) is 11.7. The molecule has 12 heavy (non-hydrogen) atoms. The van der Waals surface area contributed by atoms with Gasteiger partial charge in [0.15, 0.2) is 0 Å². The summed E-state index contributed by atoms with van der Waals surface area (Å²) in [7, 11) is 1.04. The quantitative estimate of drug-likeness (QED) is 0.608. The van der Waals surface area contributed by atoms with Crippen LogP contribution >= 0.6 is 0 Å². The molecule has 0 atom stereocenters. The summed E-state index contributed by atoms with van der Waals surface area (Å²) in [6, 6.07) is 0. The number of likely N-dealkylation sites (tertiary alicyclic amines) is 1. The molecule has 0 bridgehead atoms. The lowest BCUT2D eigenvalue weighted by atomic mass is 10.1. The van der Waals surface area contributed by atoms with Gasteiger partial charge in [0.2, 0.25) is 0 Å². The van der Waals surface area contributed by atoms with E-state index in [1.807, 2.05) is 0 Å². The second kappa shape index (κ2) is 4.67. The van der Waals surface area contributed by atoms with E-state index in [9.17, 15) is 8.78 Å². The minimum atomic E-state index is -3.06. The van der Waals surface area contributed by atoms with Gasteiger partial charge in [-0.2, -0.15) is 8.78 Å². The minimum Gasteiger partial charge on any atom is -0.310 e. The Morgan fingerprint density at radius 2 is 1.67 bits per heavy atom. The van der Waals surface area contributed by atoms with E-state index < -0.39 is 6.23 Å². The number of ether oxygens (including phenoxy) is 1. The van der Waals surface area contributed by atoms with Crippen molar-refractivity contribution in [3.05, 3.63) is 0 Å². The van der Waals surface area contributed by atoms with Crippen LogP contribution in [0.1, 0.15) is 19.3 Å². The lowest BCUT2D eigenvalue weighted by Gasteiger charge is -2.31. The van der Waals surface area contributed by atoms with Crippen LogP contribution in [0.5, 0.6) is 0 Å². The largest absolute Gasteiger partial charge is 0.424 e. The Morgan fingerprint density at radius 3 is 2.08 bits per heavy atom. The van der Waals surface area contributed by atoms with Gasteiger partial charge in [-0.1, -0.05) is 6.42 Å². The van der Waals surface area contributed by atoms with Crippen molar-refractivity contribution < 1.29 is 18.2 Å². The number of hydrogen-bond acceptors (Lipinski definition) is 2. The molecular formula is C7H14F3NO. The average molecular weight is 185 g/mol. The number of rotatable bonds is 2. The van der Waals surface area contributed by atoms with Crippen molar-refractivity contribution in [2.75, 3.05) is 20.2 Å². The van der Waals surface area contributed by atoms with Gasteiger partial charge >= 0.3 is 6.23 Å². The predicted molar refractivity (Wildman–Crippen MR) is 39.9 cm³/mol. The third-order valence-electron chi connectivity index (χ3n) is 1.97. The van der Waals surface area contributed by atoms with E-state index in [-0.39, 0.29) is 4.70 Å². The fraction of sp³-hybridized carbons (Fsp3) is 1.00. The summed E-state index contributed by atoms with van der Waals surface area (Å²) in [4.78, 5) is 1.08. The van der Waals surface area contributed by atoms with Crippen LogP contribution in [0.3, 0.4) is 0 Å². The van der Waals surface area contributed by atoms with Gasteiger partial charge in [-0.3, -0.25) is 4.70 Å². The Bertz CT molecular complexity index is 126. The summed E-state index contributed by atoms with van der Waals surface area (Å²) in [5.41, 5.74) is 0. The van der Waals surface area contributed by atoms with E-state index in [1.54, 1.807) is 0 Å². The Morgan fingerprint density at radius 1 is 1.17 bits per heavy atom. The van der Waals surface area contributed by atoms with Gasteiger partial charge in [-0.25, -0.2) is 4.90 Å². The third-order valence-corrected chi connectivity index (χ3v) is 1.97. The van der Waals surface area contributed by atoms with Crippen LogP contribution in [0.2, 0.25) is 0 Å². The zero-order chi connectivity index (χ0) is 8.32. The van der Waals surface area contributed by atoms with E-state index in [0.29, 0.717) is 13.1 Å². The smallest absolute Gasteiger partial charge is 0.310 e. The average Bonchev–Trinajstić information content (AvgIpc) is 2.06. The number of hydrogen-bond donors (Lipinski definition) is 0. The highest BCUT2D eigenvalue weighted by atomic mass is 19.3. The van der Waals surface area contributed by atoms with E-state index >= 15 is 0 Å². The van der Waals surface area contributed by atoms with Gasteiger partial charge in [-0.05, 0) is 12.8 Å². The second-order valence-corrected chi connectivity index (χ2v) is 2.74. The van der Waals surface area contributed by atoms with Gasteiger partial charge in [0.1, 0.15) is 0 Å². The molecule has 0 saturated carbocycles. The summed E-state index contributed by atoms with van der Waals surface area (Å²) >= 11 is 0. The van der Waals surface area contributed by atoms with Crippen molar-refractivity contribution in [3.8, 4) is 0 Å². The Labute approximate surface area is 69.9 Å². The SMILES string of the molecule is COC(F)(F)N1CCCCC1.F. The van der Waals surface area contributed by atoms with Crippen molar-refractivity contribution in [1.29, 1.82) is 0 Å². The summed E-state index contributed by atoms with van der Waals surface area (Å²) in [6.45, 7) is 0.891. The maximum atomic E-state index is 12.7.